The second kappa shape index (κ2) is 8.18. The van der Waals surface area contributed by atoms with E-state index in [0.717, 1.165) is 15.6 Å². The lowest BCUT2D eigenvalue weighted by atomic mass is 10.2. The lowest BCUT2D eigenvalue weighted by molar-refractivity contribution is -0.128. The van der Waals surface area contributed by atoms with Gasteiger partial charge in [0.2, 0.25) is 0 Å². The second-order valence-corrected chi connectivity index (χ2v) is 6.10. The van der Waals surface area contributed by atoms with Crippen molar-refractivity contribution in [2.24, 2.45) is 0 Å². The molecule has 2 aromatic rings. The molecule has 0 aliphatic rings. The van der Waals surface area contributed by atoms with Gasteiger partial charge in [0, 0.05) is 21.1 Å². The summed E-state index contributed by atoms with van der Waals surface area (Å²) in [5.74, 6) is 0.706. The van der Waals surface area contributed by atoms with E-state index in [-0.39, 0.29) is 0 Å². The van der Waals surface area contributed by atoms with Gasteiger partial charge >= 0.3 is 5.97 Å². The number of rotatable bonds is 5. The zero-order valence-corrected chi connectivity index (χ0v) is 15.1. The number of esters is 1. The van der Waals surface area contributed by atoms with Crippen molar-refractivity contribution in [2.75, 3.05) is 6.61 Å². The molecule has 23 heavy (non-hydrogen) atoms. The Morgan fingerprint density at radius 3 is 2.74 bits per heavy atom. The molecule has 5 heteroatoms. The van der Waals surface area contributed by atoms with Gasteiger partial charge in [0.15, 0.2) is 0 Å². The van der Waals surface area contributed by atoms with E-state index in [0.29, 0.717) is 23.1 Å². The van der Waals surface area contributed by atoms with E-state index < -0.39 is 5.97 Å². The van der Waals surface area contributed by atoms with Gasteiger partial charge in [-0.2, -0.15) is 0 Å². The van der Waals surface area contributed by atoms with Gasteiger partial charge < -0.3 is 9.47 Å². The molecule has 0 unspecified atom stereocenters. The van der Waals surface area contributed by atoms with Gasteiger partial charge in [0.1, 0.15) is 11.5 Å². The number of hydrogen-bond acceptors (Lipinski definition) is 3. The van der Waals surface area contributed by atoms with Crippen molar-refractivity contribution in [3.05, 3.63) is 63.1 Å². The molecule has 0 aliphatic carbocycles. The van der Waals surface area contributed by atoms with Gasteiger partial charge in [0.05, 0.1) is 6.61 Å². The first-order valence-corrected chi connectivity index (χ1v) is 8.25. The first-order chi connectivity index (χ1) is 11.0. The van der Waals surface area contributed by atoms with E-state index in [4.69, 9.17) is 21.1 Å². The number of hydrogen-bond donors (Lipinski definition) is 0. The van der Waals surface area contributed by atoms with Crippen LogP contribution in [0.3, 0.4) is 0 Å². The van der Waals surface area contributed by atoms with Crippen LogP contribution >= 0.6 is 27.5 Å². The van der Waals surface area contributed by atoms with Crippen molar-refractivity contribution in [3.8, 4) is 11.5 Å². The first kappa shape index (κ1) is 17.6. The molecule has 0 saturated heterocycles. The van der Waals surface area contributed by atoms with Crippen LogP contribution in [0.1, 0.15) is 18.1 Å². The normalized spacial score (nSPS) is 10.8. The molecule has 0 bridgehead atoms. The third kappa shape index (κ3) is 5.12. The highest BCUT2D eigenvalue weighted by Crippen LogP contribution is 2.25. The number of ether oxygens (including phenoxy) is 2. The average Bonchev–Trinajstić information content (AvgIpc) is 2.51. The van der Waals surface area contributed by atoms with Gasteiger partial charge in [-0.3, -0.25) is 0 Å². The van der Waals surface area contributed by atoms with Crippen LogP contribution in [0.25, 0.3) is 6.08 Å². The molecule has 0 heterocycles. The number of halogens is 2. The van der Waals surface area contributed by atoms with Crippen LogP contribution in [-0.2, 0) is 4.79 Å². The maximum Gasteiger partial charge on any atom is 0.336 e. The number of carbonyl (C=O) groups excluding carboxylic acids is 1. The molecular weight excluding hydrogens is 380 g/mol. The molecule has 0 spiro atoms. The summed E-state index contributed by atoms with van der Waals surface area (Å²) in [7, 11) is 0. The molecule has 0 N–H and O–H groups in total. The number of carbonyl (C=O) groups is 1. The van der Waals surface area contributed by atoms with Gasteiger partial charge in [-0.15, -0.1) is 0 Å². The summed E-state index contributed by atoms with van der Waals surface area (Å²) in [4.78, 5) is 11.9. The van der Waals surface area contributed by atoms with Crippen LogP contribution in [0.15, 0.2) is 46.9 Å². The van der Waals surface area contributed by atoms with Gasteiger partial charge in [-0.1, -0.05) is 27.5 Å². The maximum atomic E-state index is 11.9. The molecule has 0 fully saturated rings. The highest BCUT2D eigenvalue weighted by Gasteiger charge is 2.05. The summed E-state index contributed by atoms with van der Waals surface area (Å²) >= 11 is 9.35. The topological polar surface area (TPSA) is 35.5 Å². The maximum absolute atomic E-state index is 11.9. The first-order valence-electron chi connectivity index (χ1n) is 7.08. The predicted molar refractivity (Wildman–Crippen MR) is 96.2 cm³/mol. The monoisotopic (exact) mass is 394 g/mol. The molecule has 0 atom stereocenters. The van der Waals surface area contributed by atoms with Gasteiger partial charge in [-0.25, -0.2) is 4.79 Å². The van der Waals surface area contributed by atoms with E-state index in [1.165, 1.54) is 6.08 Å². The molecule has 0 aromatic heterocycles. The van der Waals surface area contributed by atoms with Crippen molar-refractivity contribution < 1.29 is 14.3 Å². The minimum atomic E-state index is -0.464. The van der Waals surface area contributed by atoms with E-state index >= 15 is 0 Å². The Hall–Kier alpha value is -1.78. The largest absolute Gasteiger partial charge is 0.493 e. The molecule has 0 amide bonds. The van der Waals surface area contributed by atoms with Crippen LogP contribution in [0.5, 0.6) is 11.5 Å². The van der Waals surface area contributed by atoms with Gasteiger partial charge in [0.25, 0.3) is 0 Å². The predicted octanol–water partition coefficient (Wildman–Crippen LogP) is 5.43. The van der Waals surface area contributed by atoms with Crippen molar-refractivity contribution in [2.45, 2.75) is 13.8 Å². The summed E-state index contributed by atoms with van der Waals surface area (Å²) in [6.45, 7) is 4.31. The smallest absolute Gasteiger partial charge is 0.336 e. The Morgan fingerprint density at radius 1 is 1.26 bits per heavy atom. The molecule has 0 radical (unpaired) electrons. The van der Waals surface area contributed by atoms with E-state index in [9.17, 15) is 4.79 Å². The van der Waals surface area contributed by atoms with Crippen molar-refractivity contribution in [1.29, 1.82) is 0 Å². The number of benzene rings is 2. The lowest BCUT2D eigenvalue weighted by Crippen LogP contribution is -2.04. The summed E-state index contributed by atoms with van der Waals surface area (Å²) in [6, 6.07) is 10.7. The van der Waals surface area contributed by atoms with Crippen LogP contribution in [0.2, 0.25) is 5.02 Å². The Kier molecular flexibility index (Phi) is 6.25. The van der Waals surface area contributed by atoms with E-state index in [1.54, 1.807) is 24.3 Å². The molecule has 0 aliphatic heterocycles. The van der Waals surface area contributed by atoms with Gasteiger partial charge in [-0.05, 0) is 61.9 Å². The van der Waals surface area contributed by atoms with Crippen LogP contribution in [0, 0.1) is 6.92 Å². The fraction of sp³-hybridized carbons (Fsp3) is 0.167. The third-order valence-electron chi connectivity index (χ3n) is 3.02. The lowest BCUT2D eigenvalue weighted by Gasteiger charge is -2.07. The fourth-order valence-corrected chi connectivity index (χ4v) is 2.42. The highest BCUT2D eigenvalue weighted by atomic mass is 79.9. The van der Waals surface area contributed by atoms with Crippen LogP contribution < -0.4 is 9.47 Å². The molecule has 2 rings (SSSR count). The molecule has 2 aromatic carbocycles. The van der Waals surface area contributed by atoms with E-state index in [1.807, 2.05) is 32.0 Å². The molecule has 3 nitrogen and oxygen atoms in total. The summed E-state index contributed by atoms with van der Waals surface area (Å²) < 4.78 is 11.7. The van der Waals surface area contributed by atoms with Crippen LogP contribution in [-0.4, -0.2) is 12.6 Å². The quantitative estimate of drug-likeness (QED) is 0.385. The summed E-state index contributed by atoms with van der Waals surface area (Å²) in [5, 5.41) is 0.635. The number of aryl methyl sites for hydroxylation is 1. The fourth-order valence-electron chi connectivity index (χ4n) is 1.93. The minimum Gasteiger partial charge on any atom is -0.493 e. The van der Waals surface area contributed by atoms with Crippen molar-refractivity contribution in [3.63, 3.8) is 0 Å². The zero-order valence-electron chi connectivity index (χ0n) is 12.8. The minimum absolute atomic E-state index is 0.459. The highest BCUT2D eigenvalue weighted by molar-refractivity contribution is 9.10. The zero-order chi connectivity index (χ0) is 16.8. The molecular formula is C18H16BrClO3. The second-order valence-electron chi connectivity index (χ2n) is 4.78. The van der Waals surface area contributed by atoms with E-state index in [2.05, 4.69) is 15.9 Å². The Morgan fingerprint density at radius 2 is 2.04 bits per heavy atom. The Labute approximate surface area is 149 Å². The van der Waals surface area contributed by atoms with Crippen LogP contribution in [0.4, 0.5) is 0 Å². The van der Waals surface area contributed by atoms with Crippen molar-refractivity contribution in [1.82, 2.24) is 0 Å². The summed E-state index contributed by atoms with van der Waals surface area (Å²) in [5.41, 5.74) is 1.65. The SMILES string of the molecule is CCOc1ccc(Br)cc1/C=C/C(=O)Oc1ccc(Cl)c(C)c1. The third-order valence-corrected chi connectivity index (χ3v) is 3.94. The molecule has 0 saturated carbocycles. The standard InChI is InChI=1S/C18H16BrClO3/c1-3-22-17-8-5-14(19)11-13(17)4-9-18(21)23-15-6-7-16(20)12(2)10-15/h4-11H,3H2,1-2H3/b9-4+. The molecule has 120 valence electrons. The summed E-state index contributed by atoms with van der Waals surface area (Å²) in [6.07, 6.45) is 3.04. The Bertz CT molecular complexity index is 741. The Balaban J connectivity index is 2.11. The average molecular weight is 396 g/mol. The van der Waals surface area contributed by atoms with Crippen molar-refractivity contribution >= 4 is 39.6 Å².